The summed E-state index contributed by atoms with van der Waals surface area (Å²) in [5, 5.41) is 5.68. The molecule has 0 radical (unpaired) electrons. The SMILES string of the molecule is CNCC(=O)NCc1cccc(COC(C)(C)C)c1. The smallest absolute Gasteiger partial charge is 0.234 e. The average molecular weight is 264 g/mol. The highest BCUT2D eigenvalue weighted by molar-refractivity contribution is 5.77. The van der Waals surface area contributed by atoms with Crippen LogP contribution in [-0.4, -0.2) is 25.1 Å². The van der Waals surface area contributed by atoms with E-state index < -0.39 is 0 Å². The van der Waals surface area contributed by atoms with Crippen LogP contribution in [0.3, 0.4) is 0 Å². The maximum Gasteiger partial charge on any atom is 0.234 e. The monoisotopic (exact) mass is 264 g/mol. The molecule has 1 aromatic rings. The molecule has 0 saturated heterocycles. The zero-order chi connectivity index (χ0) is 14.3. The van der Waals surface area contributed by atoms with E-state index >= 15 is 0 Å². The van der Waals surface area contributed by atoms with Gasteiger partial charge in [-0.15, -0.1) is 0 Å². The Morgan fingerprint density at radius 2 is 1.95 bits per heavy atom. The molecule has 4 nitrogen and oxygen atoms in total. The minimum atomic E-state index is -0.142. The highest BCUT2D eigenvalue weighted by Crippen LogP contribution is 2.13. The van der Waals surface area contributed by atoms with Crippen molar-refractivity contribution in [3.63, 3.8) is 0 Å². The van der Waals surface area contributed by atoms with Crippen LogP contribution < -0.4 is 10.6 Å². The molecule has 0 spiro atoms. The summed E-state index contributed by atoms with van der Waals surface area (Å²) in [6.45, 7) is 7.58. The molecule has 0 aliphatic rings. The van der Waals surface area contributed by atoms with Crippen LogP contribution in [0.4, 0.5) is 0 Å². The Morgan fingerprint density at radius 1 is 1.26 bits per heavy atom. The first-order valence-corrected chi connectivity index (χ1v) is 6.54. The van der Waals surface area contributed by atoms with Crippen LogP contribution in [0.15, 0.2) is 24.3 Å². The Labute approximate surface area is 115 Å². The Balaban J connectivity index is 2.50. The van der Waals surface area contributed by atoms with Crippen molar-refractivity contribution in [2.24, 2.45) is 0 Å². The number of carbonyl (C=O) groups excluding carboxylic acids is 1. The van der Waals surface area contributed by atoms with Gasteiger partial charge in [-0.2, -0.15) is 0 Å². The van der Waals surface area contributed by atoms with E-state index in [1.807, 2.05) is 39.0 Å². The summed E-state index contributed by atoms with van der Waals surface area (Å²) < 4.78 is 5.74. The number of hydrogen-bond donors (Lipinski definition) is 2. The van der Waals surface area contributed by atoms with Gasteiger partial charge in [-0.25, -0.2) is 0 Å². The van der Waals surface area contributed by atoms with E-state index in [9.17, 15) is 4.79 Å². The van der Waals surface area contributed by atoms with Gasteiger partial charge in [0, 0.05) is 6.54 Å². The maximum absolute atomic E-state index is 11.4. The molecule has 19 heavy (non-hydrogen) atoms. The molecule has 0 aromatic heterocycles. The number of benzene rings is 1. The van der Waals surface area contributed by atoms with E-state index in [0.29, 0.717) is 19.7 Å². The number of amides is 1. The van der Waals surface area contributed by atoms with E-state index in [2.05, 4.69) is 16.7 Å². The van der Waals surface area contributed by atoms with Gasteiger partial charge in [0.25, 0.3) is 0 Å². The molecular weight excluding hydrogens is 240 g/mol. The van der Waals surface area contributed by atoms with Gasteiger partial charge in [0.05, 0.1) is 18.8 Å². The number of carbonyl (C=O) groups is 1. The number of rotatable bonds is 6. The highest BCUT2D eigenvalue weighted by atomic mass is 16.5. The van der Waals surface area contributed by atoms with Gasteiger partial charge in [-0.3, -0.25) is 4.79 Å². The fourth-order valence-electron chi connectivity index (χ4n) is 1.55. The fourth-order valence-corrected chi connectivity index (χ4v) is 1.55. The molecule has 0 saturated carbocycles. The number of nitrogens with one attached hydrogen (secondary N) is 2. The van der Waals surface area contributed by atoms with Crippen LogP contribution in [0.25, 0.3) is 0 Å². The summed E-state index contributed by atoms with van der Waals surface area (Å²) in [4.78, 5) is 11.4. The molecule has 0 atom stereocenters. The molecule has 0 heterocycles. The fraction of sp³-hybridized carbons (Fsp3) is 0.533. The number of likely N-dealkylation sites (N-methyl/N-ethyl adjacent to an activating group) is 1. The van der Waals surface area contributed by atoms with Crippen LogP contribution in [0.5, 0.6) is 0 Å². The van der Waals surface area contributed by atoms with Crippen LogP contribution in [0.1, 0.15) is 31.9 Å². The molecule has 0 bridgehead atoms. The van der Waals surface area contributed by atoms with Gasteiger partial charge >= 0.3 is 0 Å². The Bertz CT molecular complexity index is 411. The van der Waals surface area contributed by atoms with Crippen molar-refractivity contribution in [1.82, 2.24) is 10.6 Å². The molecule has 1 amide bonds. The van der Waals surface area contributed by atoms with Gasteiger partial charge in [-0.05, 0) is 38.9 Å². The summed E-state index contributed by atoms with van der Waals surface area (Å²) in [5.74, 6) is -0.00107. The van der Waals surface area contributed by atoms with Crippen molar-refractivity contribution < 1.29 is 9.53 Å². The summed E-state index contributed by atoms with van der Waals surface area (Å²) in [5.41, 5.74) is 2.06. The molecule has 106 valence electrons. The van der Waals surface area contributed by atoms with Crippen LogP contribution >= 0.6 is 0 Å². The zero-order valence-electron chi connectivity index (χ0n) is 12.2. The molecule has 0 fully saturated rings. The van der Waals surface area contributed by atoms with E-state index in [1.165, 1.54) is 0 Å². The molecule has 0 unspecified atom stereocenters. The van der Waals surface area contributed by atoms with Gasteiger partial charge in [0.1, 0.15) is 0 Å². The predicted molar refractivity (Wildman–Crippen MR) is 76.8 cm³/mol. The van der Waals surface area contributed by atoms with Crippen molar-refractivity contribution in [2.45, 2.75) is 39.5 Å². The van der Waals surface area contributed by atoms with E-state index in [-0.39, 0.29) is 11.5 Å². The standard InChI is InChI=1S/C15H24N2O2/c1-15(2,3)19-11-13-7-5-6-12(8-13)9-17-14(18)10-16-4/h5-8,16H,9-11H2,1-4H3,(H,17,18). The predicted octanol–water partition coefficient (Wildman–Crippen LogP) is 1.84. The van der Waals surface area contributed by atoms with Crippen molar-refractivity contribution in [1.29, 1.82) is 0 Å². The molecule has 4 heteroatoms. The molecule has 2 N–H and O–H groups in total. The largest absolute Gasteiger partial charge is 0.371 e. The van der Waals surface area contributed by atoms with Gasteiger partial charge in [-0.1, -0.05) is 24.3 Å². The van der Waals surface area contributed by atoms with Gasteiger partial charge < -0.3 is 15.4 Å². The summed E-state index contributed by atoms with van der Waals surface area (Å²) >= 11 is 0. The third-order valence-corrected chi connectivity index (χ3v) is 2.49. The quantitative estimate of drug-likeness (QED) is 0.824. The minimum absolute atomic E-state index is 0.00107. The first-order chi connectivity index (χ1) is 8.90. The second-order valence-electron chi connectivity index (χ2n) is 5.53. The summed E-state index contributed by atoms with van der Waals surface area (Å²) in [7, 11) is 1.75. The zero-order valence-corrected chi connectivity index (χ0v) is 12.2. The van der Waals surface area contributed by atoms with Gasteiger partial charge in [0.2, 0.25) is 5.91 Å². The summed E-state index contributed by atoms with van der Waals surface area (Å²) in [6, 6.07) is 8.08. The lowest BCUT2D eigenvalue weighted by Gasteiger charge is -2.19. The highest BCUT2D eigenvalue weighted by Gasteiger charge is 2.10. The average Bonchev–Trinajstić information content (AvgIpc) is 2.34. The second-order valence-corrected chi connectivity index (χ2v) is 5.53. The molecular formula is C15H24N2O2. The van der Waals surface area contributed by atoms with E-state index in [4.69, 9.17) is 4.74 Å². The third-order valence-electron chi connectivity index (χ3n) is 2.49. The lowest BCUT2D eigenvalue weighted by Crippen LogP contribution is -2.31. The summed E-state index contributed by atoms with van der Waals surface area (Å²) in [6.07, 6.45) is 0. The number of hydrogen-bond acceptors (Lipinski definition) is 3. The van der Waals surface area contributed by atoms with Crippen molar-refractivity contribution in [3.05, 3.63) is 35.4 Å². The van der Waals surface area contributed by atoms with Crippen molar-refractivity contribution >= 4 is 5.91 Å². The maximum atomic E-state index is 11.4. The molecule has 0 aliphatic heterocycles. The van der Waals surface area contributed by atoms with Crippen LogP contribution in [0, 0.1) is 0 Å². The van der Waals surface area contributed by atoms with Crippen molar-refractivity contribution in [3.8, 4) is 0 Å². The Morgan fingerprint density at radius 3 is 2.58 bits per heavy atom. The Kier molecular flexibility index (Phi) is 5.99. The number of ether oxygens (including phenoxy) is 1. The molecule has 0 aliphatic carbocycles. The van der Waals surface area contributed by atoms with Crippen LogP contribution in [0.2, 0.25) is 0 Å². The lowest BCUT2D eigenvalue weighted by molar-refractivity contribution is -0.120. The van der Waals surface area contributed by atoms with Gasteiger partial charge in [0.15, 0.2) is 0 Å². The van der Waals surface area contributed by atoms with Crippen molar-refractivity contribution in [2.75, 3.05) is 13.6 Å². The molecule has 1 aromatic carbocycles. The van der Waals surface area contributed by atoms with Crippen LogP contribution in [-0.2, 0) is 22.7 Å². The van der Waals surface area contributed by atoms with E-state index in [0.717, 1.165) is 11.1 Å². The first kappa shape index (κ1) is 15.7. The normalized spacial score (nSPS) is 11.4. The van der Waals surface area contributed by atoms with E-state index in [1.54, 1.807) is 7.05 Å². The Hall–Kier alpha value is -1.39. The lowest BCUT2D eigenvalue weighted by atomic mass is 10.1. The second kappa shape index (κ2) is 7.26. The molecule has 1 rings (SSSR count). The topological polar surface area (TPSA) is 50.4 Å². The minimum Gasteiger partial charge on any atom is -0.371 e. The first-order valence-electron chi connectivity index (χ1n) is 6.54. The third kappa shape index (κ3) is 6.94.